The zero-order chi connectivity index (χ0) is 51.4. The Kier molecular flexibility index (Phi) is 14.9. The average molecular weight is 1060 g/mol. The minimum atomic E-state index is -1.63. The molecule has 2 aliphatic rings. The normalized spacial score (nSPS) is 18.0. The highest BCUT2D eigenvalue weighted by Gasteiger charge is 2.58. The number of pyridine rings is 1. The Morgan fingerprint density at radius 2 is 1.51 bits per heavy atom. The van der Waals surface area contributed by atoms with Crippen LogP contribution < -0.4 is 15.4 Å². The highest BCUT2D eigenvalue weighted by atomic mass is 32.2. The number of carbonyl (C=O) groups is 4. The number of carbonyl (C=O) groups excluding carboxylic acids is 4. The van der Waals surface area contributed by atoms with E-state index >= 15 is 0 Å². The second-order valence-corrected chi connectivity index (χ2v) is 23.2. The number of amides is 2. The smallest absolute Gasteiger partial charge is 0.353 e. The van der Waals surface area contributed by atoms with Gasteiger partial charge in [-0.15, -0.1) is 34.4 Å². The van der Waals surface area contributed by atoms with Gasteiger partial charge in [0.15, 0.2) is 15.2 Å². The maximum Gasteiger partial charge on any atom is 0.353 e. The molecule has 4 aromatic carbocycles. The van der Waals surface area contributed by atoms with Crippen LogP contribution in [0.1, 0.15) is 62.6 Å². The number of oxime groups is 1. The van der Waals surface area contributed by atoms with Crippen molar-refractivity contribution in [3.8, 4) is 5.75 Å². The summed E-state index contributed by atoms with van der Waals surface area (Å²) in [6, 6.07) is 38.2. The summed E-state index contributed by atoms with van der Waals surface area (Å²) in [5, 5.41) is 12.6. The number of ether oxygens (including phenoxy) is 3. The van der Waals surface area contributed by atoms with Gasteiger partial charge in [0, 0.05) is 29.6 Å². The van der Waals surface area contributed by atoms with Crippen LogP contribution in [-0.4, -0.2) is 97.1 Å². The summed E-state index contributed by atoms with van der Waals surface area (Å²) in [5.41, 5.74) is -0.283. The number of benzene rings is 4. The molecule has 2 fully saturated rings. The van der Waals surface area contributed by atoms with E-state index in [2.05, 4.69) is 20.8 Å². The summed E-state index contributed by atoms with van der Waals surface area (Å²) in [7, 11) is 1.58. The first-order chi connectivity index (χ1) is 35.1. The Labute approximate surface area is 439 Å². The van der Waals surface area contributed by atoms with E-state index < -0.39 is 51.4 Å². The molecular weight excluding hydrogens is 1000 g/mol. The summed E-state index contributed by atoms with van der Waals surface area (Å²) >= 11 is 5.57. The molecule has 3 aromatic heterocycles. The van der Waals surface area contributed by atoms with Crippen LogP contribution in [0.25, 0.3) is 10.2 Å². The Morgan fingerprint density at radius 1 is 0.863 bits per heavy atom. The SMILES string of the molecule is COc1ccc(COC(=O)C2(CSc3nc4cnccc4s3)CS[C@@H]3C(NC(=O)C(=NOC(C)(C)C(=O)OC(C)(C)C)c4csc(NC(c5ccccc5)(c5ccccc5)c5ccccc5)n4)C(=O)N3C2)cc1. The predicted octanol–water partition coefficient (Wildman–Crippen LogP) is 9.32. The summed E-state index contributed by atoms with van der Waals surface area (Å²) in [5.74, 6) is -1.05. The van der Waals surface area contributed by atoms with Crippen molar-refractivity contribution in [1.82, 2.24) is 25.2 Å². The first kappa shape index (κ1) is 51.1. The Hall–Kier alpha value is -6.80. The van der Waals surface area contributed by atoms with Crippen LogP contribution in [0.3, 0.4) is 0 Å². The number of thiazole rings is 2. The number of hydrogen-bond acceptors (Lipinski definition) is 17. The quantitative estimate of drug-likeness (QED) is 0.0207. The minimum Gasteiger partial charge on any atom is -0.497 e. The van der Waals surface area contributed by atoms with Crippen molar-refractivity contribution in [3.05, 3.63) is 167 Å². The molecule has 0 aliphatic carbocycles. The Morgan fingerprint density at radius 3 is 2.11 bits per heavy atom. The Bertz CT molecular complexity index is 3000. The van der Waals surface area contributed by atoms with Gasteiger partial charge in [-0.05, 0) is 75.1 Å². The van der Waals surface area contributed by atoms with E-state index in [1.165, 1.54) is 60.0 Å². The van der Waals surface area contributed by atoms with Gasteiger partial charge in [-0.2, -0.15) is 0 Å². The molecule has 3 atom stereocenters. The molecule has 0 radical (unpaired) electrons. The van der Waals surface area contributed by atoms with E-state index in [9.17, 15) is 19.2 Å². The Balaban J connectivity index is 0.986. The van der Waals surface area contributed by atoms with E-state index in [1.54, 1.807) is 62.7 Å². The second kappa shape index (κ2) is 21.3. The van der Waals surface area contributed by atoms with Crippen molar-refractivity contribution < 1.29 is 38.2 Å². The lowest BCUT2D eigenvalue weighted by Gasteiger charge is -2.54. The van der Waals surface area contributed by atoms with Gasteiger partial charge >= 0.3 is 11.9 Å². The molecule has 2 N–H and O–H groups in total. The number of nitrogens with one attached hydrogen (secondary N) is 2. The molecule has 0 spiro atoms. The summed E-state index contributed by atoms with van der Waals surface area (Å²) in [6.45, 7) is 8.29. The van der Waals surface area contributed by atoms with E-state index in [-0.39, 0.29) is 42.0 Å². The van der Waals surface area contributed by atoms with Gasteiger partial charge < -0.3 is 34.6 Å². The van der Waals surface area contributed by atoms with Gasteiger partial charge in [0.25, 0.3) is 5.91 Å². The third kappa shape index (κ3) is 11.1. The lowest BCUT2D eigenvalue weighted by molar-refractivity contribution is -0.179. The maximum absolute atomic E-state index is 14.7. The van der Waals surface area contributed by atoms with Crippen molar-refractivity contribution >= 4 is 91.0 Å². The number of β-lactam (4-membered cyclic amide) rings is 1. The number of thioether (sulfide) groups is 2. The molecule has 2 saturated heterocycles. The zero-order valence-electron chi connectivity index (χ0n) is 40.9. The van der Waals surface area contributed by atoms with Crippen LogP contribution >= 0.6 is 46.2 Å². The summed E-state index contributed by atoms with van der Waals surface area (Å²) in [6.07, 6.45) is 3.41. The zero-order valence-corrected chi connectivity index (χ0v) is 44.2. The van der Waals surface area contributed by atoms with Crippen LogP contribution in [0.2, 0.25) is 0 Å². The molecule has 73 heavy (non-hydrogen) atoms. The lowest BCUT2D eigenvalue weighted by atomic mass is 9.77. The van der Waals surface area contributed by atoms with Crippen LogP contribution in [0.15, 0.2) is 149 Å². The van der Waals surface area contributed by atoms with Crippen molar-refractivity contribution in [2.24, 2.45) is 10.6 Å². The lowest BCUT2D eigenvalue weighted by Crippen LogP contribution is -2.74. The highest BCUT2D eigenvalue weighted by Crippen LogP contribution is 2.46. The second-order valence-electron chi connectivity index (χ2n) is 19.0. The maximum atomic E-state index is 14.7. The van der Waals surface area contributed by atoms with Crippen molar-refractivity contribution in [1.29, 1.82) is 0 Å². The number of hydrogen-bond donors (Lipinski definition) is 2. The topological polar surface area (TPSA) is 184 Å². The first-order valence-electron chi connectivity index (χ1n) is 23.3. The third-order valence-electron chi connectivity index (χ3n) is 12.2. The van der Waals surface area contributed by atoms with Crippen molar-refractivity contribution in [2.45, 2.75) is 73.7 Å². The van der Waals surface area contributed by atoms with Gasteiger partial charge in [0.05, 0.1) is 18.0 Å². The van der Waals surface area contributed by atoms with Gasteiger partial charge in [-0.25, -0.2) is 14.8 Å². The van der Waals surface area contributed by atoms with E-state index in [0.29, 0.717) is 10.9 Å². The fraction of sp³-hybridized carbons (Fsp3) is 0.296. The van der Waals surface area contributed by atoms with Gasteiger partial charge in [0.1, 0.15) is 51.5 Å². The third-order valence-corrected chi connectivity index (χ3v) is 17.0. The van der Waals surface area contributed by atoms with Crippen LogP contribution in [0, 0.1) is 5.41 Å². The van der Waals surface area contributed by atoms with Crippen LogP contribution in [0.4, 0.5) is 5.13 Å². The van der Waals surface area contributed by atoms with Gasteiger partial charge in [0.2, 0.25) is 11.5 Å². The number of rotatable bonds is 18. The molecule has 15 nitrogen and oxygen atoms in total. The van der Waals surface area contributed by atoms with Gasteiger partial charge in [-0.1, -0.05) is 120 Å². The summed E-state index contributed by atoms with van der Waals surface area (Å²) < 4.78 is 18.6. The minimum absolute atomic E-state index is 0.0251. The van der Waals surface area contributed by atoms with E-state index in [0.717, 1.165) is 36.8 Å². The number of methoxy groups -OCH3 is 1. The standard InChI is InChI=1S/C54H53N7O8S4/c1-51(2,3)68-47(64)52(4,5)69-60-42(40-30-70-49(56-40)59-54(35-16-10-7-11-17-35,36-18-12-8-13-19-36)37-20-14-9-15-21-37)44(62)58-43-45(63)61-31-53(32-71-46(43)61,33-72-50-57-39-28-55-27-26-41(39)73-50)48(65)67-29-34-22-24-38(66-6)25-23-34/h7-28,30,43,46H,29,31-33H2,1-6H3,(H,56,59)(H,58,62)/t43?,46-,53?/m1/s1. The first-order valence-corrected chi connectivity index (χ1v) is 27.1. The van der Waals surface area contributed by atoms with E-state index in [4.69, 9.17) is 29.0 Å². The molecule has 2 aliphatic heterocycles. The van der Waals surface area contributed by atoms with Crippen LogP contribution in [0.5, 0.6) is 5.75 Å². The van der Waals surface area contributed by atoms with Crippen LogP contribution in [-0.2, 0) is 45.6 Å². The molecule has 376 valence electrons. The molecule has 7 aromatic rings. The van der Waals surface area contributed by atoms with Crippen molar-refractivity contribution in [2.75, 3.05) is 30.5 Å². The average Bonchev–Trinajstić information content (AvgIpc) is 4.05. The molecule has 9 rings (SSSR count). The number of aromatic nitrogens is 3. The number of fused-ring (bicyclic) bond motifs is 2. The molecule has 0 saturated carbocycles. The highest BCUT2D eigenvalue weighted by molar-refractivity contribution is 8.01. The van der Waals surface area contributed by atoms with Crippen molar-refractivity contribution in [3.63, 3.8) is 0 Å². The molecule has 19 heteroatoms. The fourth-order valence-electron chi connectivity index (χ4n) is 8.33. The number of esters is 2. The monoisotopic (exact) mass is 1060 g/mol. The van der Waals surface area contributed by atoms with E-state index in [1.807, 2.05) is 109 Å². The molecule has 2 amide bonds. The predicted molar refractivity (Wildman–Crippen MR) is 286 cm³/mol. The number of anilines is 1. The molecular formula is C54H53N7O8S4. The molecule has 2 unspecified atom stereocenters. The fourth-order valence-corrected chi connectivity index (χ4v) is 13.0. The summed E-state index contributed by atoms with van der Waals surface area (Å²) in [4.78, 5) is 78.0. The molecule has 0 bridgehead atoms. The van der Waals surface area contributed by atoms with Gasteiger partial charge in [-0.3, -0.25) is 19.4 Å². The number of nitrogens with zero attached hydrogens (tertiary/aromatic N) is 5. The molecule has 5 heterocycles. The largest absolute Gasteiger partial charge is 0.497 e.